The highest BCUT2D eigenvalue weighted by molar-refractivity contribution is 5.93. The van der Waals surface area contributed by atoms with Crippen LogP contribution in [0.5, 0.6) is 5.75 Å². The van der Waals surface area contributed by atoms with Gasteiger partial charge >= 0.3 is 0 Å². The Morgan fingerprint density at radius 3 is 2.57 bits per heavy atom. The van der Waals surface area contributed by atoms with Crippen LogP contribution in [0.25, 0.3) is 0 Å². The Kier molecular flexibility index (Phi) is 5.36. The molecule has 0 saturated heterocycles. The lowest BCUT2D eigenvalue weighted by molar-refractivity contribution is -0.118. The summed E-state index contributed by atoms with van der Waals surface area (Å²) in [5.41, 5.74) is 8.58. The van der Waals surface area contributed by atoms with Gasteiger partial charge in [0.2, 0.25) is 5.91 Å². The van der Waals surface area contributed by atoms with Crippen LogP contribution in [0.3, 0.4) is 0 Å². The van der Waals surface area contributed by atoms with Crippen LogP contribution in [-0.2, 0) is 16.0 Å². The number of rotatable bonds is 6. The minimum Gasteiger partial charge on any atom is -0.483 e. The number of anilines is 1. The first-order valence-corrected chi connectivity index (χ1v) is 7.32. The highest BCUT2D eigenvalue weighted by Gasteiger charge is 2.10. The number of ether oxygens (including phenoxy) is 1. The number of primary amides is 1. The normalized spacial score (nSPS) is 10.2. The smallest absolute Gasteiger partial charge is 0.262 e. The molecule has 0 heterocycles. The molecule has 0 aliphatic heterocycles. The molecule has 2 rings (SSSR count). The first kappa shape index (κ1) is 16.5. The topological polar surface area (TPSA) is 81.4 Å². The molecule has 0 atom stereocenters. The maximum absolute atomic E-state index is 12.0. The highest BCUT2D eigenvalue weighted by atomic mass is 16.5. The molecule has 3 N–H and O–H groups in total. The number of nitrogens with one attached hydrogen (secondary N) is 1. The predicted octanol–water partition coefficient (Wildman–Crippen LogP) is 2.35. The van der Waals surface area contributed by atoms with E-state index in [0.29, 0.717) is 17.0 Å². The molecule has 2 amide bonds. The van der Waals surface area contributed by atoms with Crippen LogP contribution in [0.1, 0.15) is 16.7 Å². The van der Waals surface area contributed by atoms with E-state index in [1.807, 2.05) is 32.0 Å². The maximum Gasteiger partial charge on any atom is 0.262 e. The van der Waals surface area contributed by atoms with Crippen LogP contribution in [0.15, 0.2) is 42.5 Å². The average Bonchev–Trinajstić information content (AvgIpc) is 2.48. The van der Waals surface area contributed by atoms with E-state index in [0.717, 1.165) is 11.1 Å². The summed E-state index contributed by atoms with van der Waals surface area (Å²) in [6.07, 6.45) is 0.0778. The van der Waals surface area contributed by atoms with Gasteiger partial charge in [-0.3, -0.25) is 9.59 Å². The van der Waals surface area contributed by atoms with Gasteiger partial charge in [0.05, 0.1) is 6.42 Å². The molecule has 0 aliphatic carbocycles. The second-order valence-corrected chi connectivity index (χ2v) is 5.41. The zero-order chi connectivity index (χ0) is 16.8. The Hall–Kier alpha value is -2.82. The van der Waals surface area contributed by atoms with Gasteiger partial charge in [0.25, 0.3) is 5.91 Å². The Morgan fingerprint density at radius 2 is 1.87 bits per heavy atom. The van der Waals surface area contributed by atoms with E-state index in [1.54, 1.807) is 24.3 Å². The number of nitrogens with two attached hydrogens (primary N) is 1. The van der Waals surface area contributed by atoms with Crippen molar-refractivity contribution in [3.05, 3.63) is 59.2 Å². The average molecular weight is 312 g/mol. The zero-order valence-electron chi connectivity index (χ0n) is 13.3. The number of carbonyl (C=O) groups excluding carboxylic acids is 2. The van der Waals surface area contributed by atoms with Gasteiger partial charge in [-0.1, -0.05) is 35.9 Å². The molecule has 2 aromatic carbocycles. The summed E-state index contributed by atoms with van der Waals surface area (Å²) in [6.45, 7) is 3.83. The number of aryl methyl sites for hydroxylation is 2. The second kappa shape index (κ2) is 7.45. The van der Waals surface area contributed by atoms with Gasteiger partial charge in [-0.2, -0.15) is 0 Å². The number of hydrogen-bond acceptors (Lipinski definition) is 3. The molecule has 0 bridgehead atoms. The van der Waals surface area contributed by atoms with Crippen molar-refractivity contribution in [3.63, 3.8) is 0 Å². The number of benzene rings is 2. The van der Waals surface area contributed by atoms with Crippen molar-refractivity contribution in [2.75, 3.05) is 11.9 Å². The summed E-state index contributed by atoms with van der Waals surface area (Å²) in [7, 11) is 0. The van der Waals surface area contributed by atoms with Crippen LogP contribution in [0, 0.1) is 13.8 Å². The molecule has 2 aromatic rings. The minimum absolute atomic E-state index is 0.0778. The van der Waals surface area contributed by atoms with Crippen LogP contribution in [-0.4, -0.2) is 18.4 Å². The Labute approximate surface area is 135 Å². The summed E-state index contributed by atoms with van der Waals surface area (Å²) in [6, 6.07) is 12.8. The van der Waals surface area contributed by atoms with Crippen molar-refractivity contribution in [2.45, 2.75) is 20.3 Å². The second-order valence-electron chi connectivity index (χ2n) is 5.41. The molecule has 0 spiro atoms. The van der Waals surface area contributed by atoms with E-state index < -0.39 is 5.91 Å². The van der Waals surface area contributed by atoms with E-state index >= 15 is 0 Å². The molecule has 0 radical (unpaired) electrons. The molecule has 0 aliphatic rings. The summed E-state index contributed by atoms with van der Waals surface area (Å²) in [4.78, 5) is 23.1. The lowest BCUT2D eigenvalue weighted by Crippen LogP contribution is -2.22. The van der Waals surface area contributed by atoms with Gasteiger partial charge in [-0.05, 0) is 37.1 Å². The molecular weight excluding hydrogens is 292 g/mol. The number of hydrogen-bond donors (Lipinski definition) is 2. The fourth-order valence-corrected chi connectivity index (χ4v) is 2.27. The number of para-hydroxylation sites is 1. The van der Waals surface area contributed by atoms with E-state index in [-0.39, 0.29) is 18.9 Å². The van der Waals surface area contributed by atoms with Crippen LogP contribution in [0.2, 0.25) is 0 Å². The maximum atomic E-state index is 12.0. The molecule has 5 nitrogen and oxygen atoms in total. The van der Waals surface area contributed by atoms with Crippen molar-refractivity contribution in [1.82, 2.24) is 0 Å². The van der Waals surface area contributed by atoms with E-state index in [2.05, 4.69) is 5.32 Å². The van der Waals surface area contributed by atoms with Gasteiger partial charge in [-0.15, -0.1) is 0 Å². The van der Waals surface area contributed by atoms with Crippen molar-refractivity contribution in [3.8, 4) is 5.75 Å². The third kappa shape index (κ3) is 4.85. The first-order valence-electron chi connectivity index (χ1n) is 7.32. The van der Waals surface area contributed by atoms with Crippen molar-refractivity contribution >= 4 is 17.5 Å². The monoisotopic (exact) mass is 312 g/mol. The molecule has 0 aromatic heterocycles. The molecule has 23 heavy (non-hydrogen) atoms. The Morgan fingerprint density at radius 1 is 1.13 bits per heavy atom. The van der Waals surface area contributed by atoms with E-state index in [4.69, 9.17) is 10.5 Å². The minimum atomic E-state index is -0.446. The predicted molar refractivity (Wildman–Crippen MR) is 89.4 cm³/mol. The number of carbonyl (C=O) groups is 2. The standard InChI is InChI=1S/C18H20N2O3/c1-12-7-8-16(13(2)9-12)23-11-18(22)20-15-6-4-3-5-14(15)10-17(19)21/h3-9H,10-11H2,1-2H3,(H2,19,21)(H,20,22). The van der Waals surface area contributed by atoms with Gasteiger partial charge < -0.3 is 15.8 Å². The highest BCUT2D eigenvalue weighted by Crippen LogP contribution is 2.19. The van der Waals surface area contributed by atoms with Crippen molar-refractivity contribution < 1.29 is 14.3 Å². The fraction of sp³-hybridized carbons (Fsp3) is 0.222. The largest absolute Gasteiger partial charge is 0.483 e. The molecule has 120 valence electrons. The lowest BCUT2D eigenvalue weighted by atomic mass is 10.1. The van der Waals surface area contributed by atoms with E-state index in [1.165, 1.54) is 0 Å². The molecule has 0 unspecified atom stereocenters. The van der Waals surface area contributed by atoms with Crippen LogP contribution >= 0.6 is 0 Å². The van der Waals surface area contributed by atoms with Crippen molar-refractivity contribution in [1.29, 1.82) is 0 Å². The molecular formula is C18H20N2O3. The van der Waals surface area contributed by atoms with Gasteiger partial charge in [0.1, 0.15) is 5.75 Å². The summed E-state index contributed by atoms with van der Waals surface area (Å²) in [5.74, 6) is -0.0590. The zero-order valence-corrected chi connectivity index (χ0v) is 13.3. The lowest BCUT2D eigenvalue weighted by Gasteiger charge is -2.12. The van der Waals surface area contributed by atoms with Crippen LogP contribution < -0.4 is 15.8 Å². The Bertz CT molecular complexity index is 726. The van der Waals surface area contributed by atoms with Gasteiger partial charge in [0.15, 0.2) is 6.61 Å². The molecule has 0 fully saturated rings. The summed E-state index contributed by atoms with van der Waals surface area (Å²) in [5, 5.41) is 2.75. The Balaban J connectivity index is 1.98. The van der Waals surface area contributed by atoms with Crippen LogP contribution in [0.4, 0.5) is 5.69 Å². The summed E-state index contributed by atoms with van der Waals surface area (Å²) < 4.78 is 5.54. The van der Waals surface area contributed by atoms with Crippen molar-refractivity contribution in [2.24, 2.45) is 5.73 Å². The third-order valence-corrected chi connectivity index (χ3v) is 3.35. The van der Waals surface area contributed by atoms with E-state index in [9.17, 15) is 9.59 Å². The third-order valence-electron chi connectivity index (χ3n) is 3.35. The number of amides is 2. The van der Waals surface area contributed by atoms with Gasteiger partial charge in [0, 0.05) is 5.69 Å². The first-order chi connectivity index (χ1) is 11.0. The molecule has 5 heteroatoms. The van der Waals surface area contributed by atoms with Gasteiger partial charge in [-0.25, -0.2) is 0 Å². The fourth-order valence-electron chi connectivity index (χ4n) is 2.27. The summed E-state index contributed by atoms with van der Waals surface area (Å²) >= 11 is 0. The SMILES string of the molecule is Cc1ccc(OCC(=O)Nc2ccccc2CC(N)=O)c(C)c1. The molecule has 0 saturated carbocycles. The quantitative estimate of drug-likeness (QED) is 0.859.